The van der Waals surface area contributed by atoms with Crippen LogP contribution in [0.15, 0.2) is 12.3 Å². The molecule has 116 valence electrons. The molecule has 1 spiro atoms. The van der Waals surface area contributed by atoms with E-state index in [1.165, 1.54) is 32.1 Å². The normalized spacial score (nSPS) is 21.8. The summed E-state index contributed by atoms with van der Waals surface area (Å²) >= 11 is 0. The minimum Gasteiger partial charge on any atom is -0.475 e. The molecule has 1 N–H and O–H groups in total. The molecule has 2 fully saturated rings. The Morgan fingerprint density at radius 2 is 2.10 bits per heavy atom. The van der Waals surface area contributed by atoms with Gasteiger partial charge in [-0.05, 0) is 26.7 Å². The third kappa shape index (κ3) is 3.12. The van der Waals surface area contributed by atoms with Gasteiger partial charge in [0.2, 0.25) is 11.8 Å². The van der Waals surface area contributed by atoms with Gasteiger partial charge in [-0.1, -0.05) is 19.3 Å². The molecule has 1 aliphatic heterocycles. The van der Waals surface area contributed by atoms with Crippen LogP contribution in [0, 0.1) is 0 Å². The molecule has 2 aliphatic rings. The number of nitrogens with zero attached hydrogens (tertiary/aromatic N) is 3. The van der Waals surface area contributed by atoms with Crippen LogP contribution in [0.2, 0.25) is 0 Å². The molecule has 0 atom stereocenters. The maximum Gasteiger partial charge on any atom is 0.229 e. The molecule has 2 heterocycles. The standard InChI is InChI=1S/C16H26N4O/c1-13(2)21-14-6-9-18-15(19-14)20-11-10-17-12-16(20)7-4-3-5-8-16/h6,9,13,17H,3-5,7-8,10-12H2,1-2H3. The van der Waals surface area contributed by atoms with Gasteiger partial charge in [-0.25, -0.2) is 4.98 Å². The van der Waals surface area contributed by atoms with Crippen molar-refractivity contribution < 1.29 is 4.74 Å². The molecule has 0 bridgehead atoms. The fourth-order valence-electron chi connectivity index (χ4n) is 3.58. The fraction of sp³-hybridized carbons (Fsp3) is 0.750. The van der Waals surface area contributed by atoms with E-state index in [2.05, 4.69) is 20.2 Å². The van der Waals surface area contributed by atoms with E-state index in [1.807, 2.05) is 26.1 Å². The first kappa shape index (κ1) is 14.6. The first-order chi connectivity index (χ1) is 10.2. The molecule has 3 rings (SSSR count). The zero-order valence-corrected chi connectivity index (χ0v) is 13.1. The molecule has 1 aromatic rings. The van der Waals surface area contributed by atoms with Gasteiger partial charge in [0.25, 0.3) is 0 Å². The zero-order chi connectivity index (χ0) is 14.7. The summed E-state index contributed by atoms with van der Waals surface area (Å²) < 4.78 is 5.73. The van der Waals surface area contributed by atoms with Crippen LogP contribution in [-0.2, 0) is 0 Å². The number of nitrogens with one attached hydrogen (secondary N) is 1. The molecule has 1 aliphatic carbocycles. The SMILES string of the molecule is CC(C)Oc1ccnc(N2CCNCC23CCCCC3)n1. The van der Waals surface area contributed by atoms with Crippen molar-refractivity contribution in [2.45, 2.75) is 57.6 Å². The first-order valence-corrected chi connectivity index (χ1v) is 8.18. The third-order valence-electron chi connectivity index (χ3n) is 4.54. The molecule has 5 heteroatoms. The van der Waals surface area contributed by atoms with Gasteiger partial charge in [0.05, 0.1) is 11.6 Å². The van der Waals surface area contributed by atoms with Crippen molar-refractivity contribution in [2.24, 2.45) is 0 Å². The second-order valence-electron chi connectivity index (χ2n) is 6.47. The van der Waals surface area contributed by atoms with Crippen molar-refractivity contribution in [3.8, 4) is 5.88 Å². The van der Waals surface area contributed by atoms with Gasteiger partial charge < -0.3 is 15.0 Å². The molecule has 21 heavy (non-hydrogen) atoms. The van der Waals surface area contributed by atoms with E-state index < -0.39 is 0 Å². The van der Waals surface area contributed by atoms with Crippen molar-refractivity contribution in [2.75, 3.05) is 24.5 Å². The van der Waals surface area contributed by atoms with Gasteiger partial charge in [0.15, 0.2) is 0 Å². The average Bonchev–Trinajstić information content (AvgIpc) is 2.48. The minimum absolute atomic E-state index is 0.138. The smallest absolute Gasteiger partial charge is 0.229 e. The largest absolute Gasteiger partial charge is 0.475 e. The summed E-state index contributed by atoms with van der Waals surface area (Å²) in [6.45, 7) is 7.07. The molecular formula is C16H26N4O. The van der Waals surface area contributed by atoms with Gasteiger partial charge in [-0.3, -0.25) is 0 Å². The summed E-state index contributed by atoms with van der Waals surface area (Å²) in [5, 5.41) is 3.56. The Morgan fingerprint density at radius 1 is 1.29 bits per heavy atom. The summed E-state index contributed by atoms with van der Waals surface area (Å²) in [6.07, 6.45) is 8.39. The lowest BCUT2D eigenvalue weighted by Gasteiger charge is -2.49. The highest BCUT2D eigenvalue weighted by Crippen LogP contribution is 2.36. The van der Waals surface area contributed by atoms with Gasteiger partial charge in [0, 0.05) is 31.9 Å². The number of hydrogen-bond donors (Lipinski definition) is 1. The van der Waals surface area contributed by atoms with E-state index in [1.54, 1.807) is 0 Å². The van der Waals surface area contributed by atoms with Crippen molar-refractivity contribution in [1.82, 2.24) is 15.3 Å². The lowest BCUT2D eigenvalue weighted by atomic mass is 9.79. The van der Waals surface area contributed by atoms with Crippen molar-refractivity contribution in [3.63, 3.8) is 0 Å². The molecule has 5 nitrogen and oxygen atoms in total. The average molecular weight is 290 g/mol. The van der Waals surface area contributed by atoms with Crippen LogP contribution in [0.4, 0.5) is 5.95 Å². The van der Waals surface area contributed by atoms with Crippen LogP contribution >= 0.6 is 0 Å². The Balaban J connectivity index is 1.86. The summed E-state index contributed by atoms with van der Waals surface area (Å²) in [7, 11) is 0. The summed E-state index contributed by atoms with van der Waals surface area (Å²) in [4.78, 5) is 11.6. The lowest BCUT2D eigenvalue weighted by Crippen LogP contribution is -2.62. The fourth-order valence-corrected chi connectivity index (χ4v) is 3.58. The number of aromatic nitrogens is 2. The highest BCUT2D eigenvalue weighted by atomic mass is 16.5. The van der Waals surface area contributed by atoms with Gasteiger partial charge in [0.1, 0.15) is 0 Å². The van der Waals surface area contributed by atoms with Crippen LogP contribution in [0.1, 0.15) is 46.0 Å². The number of anilines is 1. The number of ether oxygens (including phenoxy) is 1. The van der Waals surface area contributed by atoms with Gasteiger partial charge in [-0.15, -0.1) is 0 Å². The van der Waals surface area contributed by atoms with E-state index in [-0.39, 0.29) is 11.6 Å². The Bertz CT molecular complexity index is 463. The Morgan fingerprint density at radius 3 is 2.86 bits per heavy atom. The van der Waals surface area contributed by atoms with E-state index in [0.717, 1.165) is 25.6 Å². The van der Waals surface area contributed by atoms with Crippen molar-refractivity contribution in [3.05, 3.63) is 12.3 Å². The van der Waals surface area contributed by atoms with Crippen molar-refractivity contribution in [1.29, 1.82) is 0 Å². The maximum atomic E-state index is 5.73. The topological polar surface area (TPSA) is 50.3 Å². The van der Waals surface area contributed by atoms with E-state index in [9.17, 15) is 0 Å². The Kier molecular flexibility index (Phi) is 4.29. The number of rotatable bonds is 3. The first-order valence-electron chi connectivity index (χ1n) is 8.18. The Labute approximate surface area is 127 Å². The minimum atomic E-state index is 0.138. The van der Waals surface area contributed by atoms with Crippen LogP contribution in [0.3, 0.4) is 0 Å². The highest BCUT2D eigenvalue weighted by molar-refractivity contribution is 5.38. The molecule has 0 amide bonds. The predicted octanol–water partition coefficient (Wildman–Crippen LogP) is 2.38. The molecule has 0 aromatic carbocycles. The summed E-state index contributed by atoms with van der Waals surface area (Å²) in [5.41, 5.74) is 0.201. The highest BCUT2D eigenvalue weighted by Gasteiger charge is 2.41. The second kappa shape index (κ2) is 6.18. The van der Waals surface area contributed by atoms with E-state index >= 15 is 0 Å². The van der Waals surface area contributed by atoms with E-state index in [4.69, 9.17) is 4.74 Å². The number of piperazine rings is 1. The molecule has 1 aromatic heterocycles. The molecule has 0 radical (unpaired) electrons. The van der Waals surface area contributed by atoms with Gasteiger partial charge in [-0.2, -0.15) is 4.98 Å². The van der Waals surface area contributed by atoms with Crippen LogP contribution in [-0.4, -0.2) is 41.2 Å². The molecule has 1 saturated heterocycles. The predicted molar refractivity (Wildman–Crippen MR) is 83.8 cm³/mol. The molecule has 1 saturated carbocycles. The monoisotopic (exact) mass is 290 g/mol. The lowest BCUT2D eigenvalue weighted by molar-refractivity contribution is 0.225. The molecular weight excluding hydrogens is 264 g/mol. The van der Waals surface area contributed by atoms with Crippen LogP contribution in [0.25, 0.3) is 0 Å². The zero-order valence-electron chi connectivity index (χ0n) is 13.1. The quantitative estimate of drug-likeness (QED) is 0.926. The third-order valence-corrected chi connectivity index (χ3v) is 4.54. The molecule has 0 unspecified atom stereocenters. The van der Waals surface area contributed by atoms with Gasteiger partial charge >= 0.3 is 0 Å². The maximum absolute atomic E-state index is 5.73. The summed E-state index contributed by atoms with van der Waals surface area (Å²) in [5.74, 6) is 1.51. The van der Waals surface area contributed by atoms with E-state index in [0.29, 0.717) is 5.88 Å². The van der Waals surface area contributed by atoms with Crippen molar-refractivity contribution >= 4 is 5.95 Å². The van der Waals surface area contributed by atoms with Crippen LogP contribution < -0.4 is 15.0 Å². The Hall–Kier alpha value is -1.36. The second-order valence-corrected chi connectivity index (χ2v) is 6.47. The number of hydrogen-bond acceptors (Lipinski definition) is 5. The summed E-state index contributed by atoms with van der Waals surface area (Å²) in [6, 6.07) is 1.85. The van der Waals surface area contributed by atoms with Crippen LogP contribution in [0.5, 0.6) is 5.88 Å².